The largest absolute Gasteiger partial charge is 0.508 e. The first-order valence-corrected chi connectivity index (χ1v) is 5.95. The lowest BCUT2D eigenvalue weighted by molar-refractivity contribution is 0.475. The molecular weight excluding hydrogens is 222 g/mol. The minimum atomic E-state index is 0.263. The number of phenols is 1. The zero-order chi connectivity index (χ0) is 12.4. The number of benzene rings is 2. The predicted octanol–water partition coefficient (Wildman–Crippen LogP) is 3.63. The van der Waals surface area contributed by atoms with Gasteiger partial charge in [0.25, 0.3) is 0 Å². The predicted molar refractivity (Wildman–Crippen MR) is 73.6 cm³/mol. The van der Waals surface area contributed by atoms with Gasteiger partial charge in [0.05, 0.1) is 11.4 Å². The van der Waals surface area contributed by atoms with Gasteiger partial charge in [-0.15, -0.1) is 0 Å². The molecule has 1 aliphatic carbocycles. The normalized spacial score (nSPS) is 15.7. The summed E-state index contributed by atoms with van der Waals surface area (Å²) in [5, 5.41) is 9.26. The Morgan fingerprint density at radius 1 is 0.944 bits per heavy atom. The topological polar surface area (TPSA) is 32.6 Å². The highest BCUT2D eigenvalue weighted by Crippen LogP contribution is 2.22. The number of hydrogen-bond acceptors (Lipinski definition) is 2. The van der Waals surface area contributed by atoms with Crippen molar-refractivity contribution in [2.45, 2.75) is 6.42 Å². The van der Waals surface area contributed by atoms with Gasteiger partial charge in [0.1, 0.15) is 5.75 Å². The molecule has 0 aromatic heterocycles. The molecule has 0 unspecified atom stereocenters. The molecular formula is C16H13NO. The summed E-state index contributed by atoms with van der Waals surface area (Å²) >= 11 is 0. The van der Waals surface area contributed by atoms with E-state index >= 15 is 0 Å². The second kappa shape index (κ2) is 4.49. The summed E-state index contributed by atoms with van der Waals surface area (Å²) in [7, 11) is 0. The molecule has 0 saturated carbocycles. The summed E-state index contributed by atoms with van der Waals surface area (Å²) in [5.74, 6) is 0.263. The average Bonchev–Trinajstić information content (AvgIpc) is 2.42. The monoisotopic (exact) mass is 235 g/mol. The van der Waals surface area contributed by atoms with Crippen molar-refractivity contribution in [3.63, 3.8) is 0 Å². The molecule has 2 aromatic carbocycles. The number of aliphatic imine (C=N–C) groups is 1. The number of nitrogens with zero attached hydrogens (tertiary/aromatic N) is 1. The summed E-state index contributed by atoms with van der Waals surface area (Å²) in [6, 6.07) is 15.2. The van der Waals surface area contributed by atoms with E-state index in [1.54, 1.807) is 12.1 Å². The van der Waals surface area contributed by atoms with Crippen LogP contribution in [-0.4, -0.2) is 10.8 Å². The molecule has 0 amide bonds. The fourth-order valence-electron chi connectivity index (χ4n) is 2.10. The Bertz CT molecular complexity index is 624. The van der Waals surface area contributed by atoms with Crippen LogP contribution >= 0.6 is 0 Å². The number of aromatic hydroxyl groups is 1. The van der Waals surface area contributed by atoms with Crippen LogP contribution in [0.4, 0.5) is 5.69 Å². The maximum absolute atomic E-state index is 9.26. The summed E-state index contributed by atoms with van der Waals surface area (Å²) in [6.45, 7) is 0. The molecule has 0 saturated heterocycles. The van der Waals surface area contributed by atoms with Crippen LogP contribution in [0.1, 0.15) is 11.1 Å². The number of fused-ring (bicyclic) bond motifs is 1. The fraction of sp³-hybridized carbons (Fsp3) is 0.0625. The molecule has 2 aromatic rings. The van der Waals surface area contributed by atoms with Gasteiger partial charge in [-0.3, -0.25) is 0 Å². The third-order valence-corrected chi connectivity index (χ3v) is 3.01. The third kappa shape index (κ3) is 2.05. The molecule has 0 bridgehead atoms. The standard InChI is InChI=1S/C16H13NO/c18-14-10-8-13(9-11-14)17-16-7-3-5-12-4-1-2-6-15(12)16/h1-4,6-11,18H,5H2. The van der Waals surface area contributed by atoms with Gasteiger partial charge in [0.15, 0.2) is 0 Å². The van der Waals surface area contributed by atoms with Crippen LogP contribution in [0.25, 0.3) is 0 Å². The van der Waals surface area contributed by atoms with E-state index in [4.69, 9.17) is 0 Å². The number of allylic oxidation sites excluding steroid dienone is 2. The lowest BCUT2D eigenvalue weighted by Gasteiger charge is -2.12. The van der Waals surface area contributed by atoms with E-state index in [-0.39, 0.29) is 5.75 Å². The van der Waals surface area contributed by atoms with Gasteiger partial charge in [0, 0.05) is 5.56 Å². The van der Waals surface area contributed by atoms with E-state index in [0.717, 1.165) is 17.8 Å². The second-order valence-electron chi connectivity index (χ2n) is 4.28. The molecule has 0 aliphatic heterocycles. The zero-order valence-corrected chi connectivity index (χ0v) is 9.88. The van der Waals surface area contributed by atoms with Gasteiger partial charge in [-0.25, -0.2) is 4.99 Å². The highest BCUT2D eigenvalue weighted by atomic mass is 16.3. The molecule has 18 heavy (non-hydrogen) atoms. The molecule has 0 heterocycles. The third-order valence-electron chi connectivity index (χ3n) is 3.01. The zero-order valence-electron chi connectivity index (χ0n) is 9.88. The molecule has 88 valence electrons. The molecule has 0 spiro atoms. The van der Waals surface area contributed by atoms with E-state index in [0.29, 0.717) is 0 Å². The van der Waals surface area contributed by atoms with Crippen molar-refractivity contribution in [3.8, 4) is 5.75 Å². The first-order chi connectivity index (χ1) is 8.83. The minimum absolute atomic E-state index is 0.263. The van der Waals surface area contributed by atoms with Crippen LogP contribution in [-0.2, 0) is 6.42 Å². The molecule has 2 heteroatoms. The van der Waals surface area contributed by atoms with Crippen molar-refractivity contribution >= 4 is 11.4 Å². The van der Waals surface area contributed by atoms with Crippen LogP contribution < -0.4 is 0 Å². The van der Waals surface area contributed by atoms with Crippen LogP contribution in [0, 0.1) is 0 Å². The van der Waals surface area contributed by atoms with Crippen LogP contribution in [0.5, 0.6) is 5.75 Å². The van der Waals surface area contributed by atoms with Crippen molar-refractivity contribution < 1.29 is 5.11 Å². The number of hydrogen-bond donors (Lipinski definition) is 1. The van der Waals surface area contributed by atoms with E-state index in [2.05, 4.69) is 35.3 Å². The Labute approximate surface area is 106 Å². The van der Waals surface area contributed by atoms with Gasteiger partial charge in [-0.1, -0.05) is 30.3 Å². The quantitative estimate of drug-likeness (QED) is 0.804. The maximum Gasteiger partial charge on any atom is 0.115 e. The van der Waals surface area contributed by atoms with Crippen LogP contribution in [0.2, 0.25) is 0 Å². The SMILES string of the molecule is Oc1ccc(N=C2C=CCc3ccccc32)cc1. The lowest BCUT2D eigenvalue weighted by atomic mass is 9.95. The van der Waals surface area contributed by atoms with Crippen LogP contribution in [0.3, 0.4) is 0 Å². The molecule has 0 fully saturated rings. The fourth-order valence-corrected chi connectivity index (χ4v) is 2.10. The number of rotatable bonds is 1. The van der Waals surface area contributed by atoms with Crippen molar-refractivity contribution in [1.29, 1.82) is 0 Å². The Hall–Kier alpha value is -2.35. The molecule has 2 nitrogen and oxygen atoms in total. The van der Waals surface area contributed by atoms with Gasteiger partial charge in [0.2, 0.25) is 0 Å². The average molecular weight is 235 g/mol. The Morgan fingerprint density at radius 3 is 2.56 bits per heavy atom. The van der Waals surface area contributed by atoms with Gasteiger partial charge < -0.3 is 5.11 Å². The molecule has 3 rings (SSSR count). The Morgan fingerprint density at radius 2 is 1.72 bits per heavy atom. The smallest absolute Gasteiger partial charge is 0.115 e. The first kappa shape index (κ1) is 10.8. The summed E-state index contributed by atoms with van der Waals surface area (Å²) in [4.78, 5) is 4.62. The lowest BCUT2D eigenvalue weighted by Crippen LogP contribution is -2.05. The summed E-state index contributed by atoms with van der Waals surface area (Å²) < 4.78 is 0. The highest BCUT2D eigenvalue weighted by molar-refractivity contribution is 6.11. The molecule has 1 aliphatic rings. The van der Waals surface area contributed by atoms with E-state index < -0.39 is 0 Å². The number of phenolic OH excluding ortho intramolecular Hbond substituents is 1. The van der Waals surface area contributed by atoms with Crippen molar-refractivity contribution in [2.75, 3.05) is 0 Å². The van der Waals surface area contributed by atoms with E-state index in [1.165, 1.54) is 11.1 Å². The maximum atomic E-state index is 9.26. The van der Waals surface area contributed by atoms with Crippen LogP contribution in [0.15, 0.2) is 65.7 Å². The van der Waals surface area contributed by atoms with Gasteiger partial charge in [-0.05, 0) is 42.3 Å². The molecule has 0 radical (unpaired) electrons. The van der Waals surface area contributed by atoms with Gasteiger partial charge in [-0.2, -0.15) is 0 Å². The minimum Gasteiger partial charge on any atom is -0.508 e. The van der Waals surface area contributed by atoms with Crippen molar-refractivity contribution in [1.82, 2.24) is 0 Å². The van der Waals surface area contributed by atoms with E-state index in [1.807, 2.05) is 18.2 Å². The Kier molecular flexibility index (Phi) is 2.69. The highest BCUT2D eigenvalue weighted by Gasteiger charge is 2.09. The Balaban J connectivity index is 2.04. The molecule has 0 atom stereocenters. The van der Waals surface area contributed by atoms with Crippen molar-refractivity contribution in [3.05, 3.63) is 71.8 Å². The second-order valence-corrected chi connectivity index (χ2v) is 4.28. The summed E-state index contributed by atoms with van der Waals surface area (Å²) in [5.41, 5.74) is 4.32. The first-order valence-electron chi connectivity index (χ1n) is 5.95. The van der Waals surface area contributed by atoms with E-state index in [9.17, 15) is 5.11 Å². The summed E-state index contributed by atoms with van der Waals surface area (Å²) in [6.07, 6.45) is 5.14. The van der Waals surface area contributed by atoms with Gasteiger partial charge >= 0.3 is 0 Å². The molecule has 1 N–H and O–H groups in total. The van der Waals surface area contributed by atoms with Crippen molar-refractivity contribution in [2.24, 2.45) is 4.99 Å².